The summed E-state index contributed by atoms with van der Waals surface area (Å²) in [5, 5.41) is 0. The summed E-state index contributed by atoms with van der Waals surface area (Å²) >= 11 is 3.50. The first-order valence-corrected chi connectivity index (χ1v) is 11.3. The van der Waals surface area contributed by atoms with Crippen LogP contribution < -0.4 is 15.8 Å². The fourth-order valence-electron chi connectivity index (χ4n) is 4.64. The second-order valence-electron chi connectivity index (χ2n) is 7.81. The minimum absolute atomic E-state index is 0.0339. The van der Waals surface area contributed by atoms with Gasteiger partial charge in [-0.25, -0.2) is 15.6 Å². The van der Waals surface area contributed by atoms with Crippen molar-refractivity contribution in [3.05, 3.63) is 88.3 Å². The van der Waals surface area contributed by atoms with Gasteiger partial charge in [-0.15, -0.1) is 0 Å². The maximum Gasteiger partial charge on any atom is 0.338 e. The molecule has 7 nitrogen and oxygen atoms in total. The number of hydrogen-bond donors (Lipinski definition) is 2. The molecule has 2 aliphatic heterocycles. The second kappa shape index (κ2) is 8.54. The number of fused-ring (bicyclic) bond motifs is 1. The Balaban J connectivity index is 1.56. The number of carbonyl (C=O) groups excluding carboxylic acids is 2. The molecular weight excluding hydrogens is 474 g/mol. The van der Waals surface area contributed by atoms with Gasteiger partial charge < -0.3 is 14.1 Å². The van der Waals surface area contributed by atoms with Gasteiger partial charge in [-0.05, 0) is 61.0 Å². The third-order valence-corrected chi connectivity index (χ3v) is 6.56. The summed E-state index contributed by atoms with van der Waals surface area (Å²) in [6.45, 7) is 2.08. The van der Waals surface area contributed by atoms with Gasteiger partial charge in [-0.1, -0.05) is 28.1 Å². The van der Waals surface area contributed by atoms with E-state index in [1.165, 1.54) is 0 Å². The van der Waals surface area contributed by atoms with Crippen molar-refractivity contribution in [2.45, 2.75) is 25.0 Å². The molecule has 2 fully saturated rings. The van der Waals surface area contributed by atoms with Gasteiger partial charge in [0, 0.05) is 16.1 Å². The number of rotatable bonds is 5. The zero-order valence-corrected chi connectivity index (χ0v) is 18.9. The quantitative estimate of drug-likeness (QED) is 0.517. The van der Waals surface area contributed by atoms with E-state index in [0.29, 0.717) is 12.2 Å². The van der Waals surface area contributed by atoms with Crippen molar-refractivity contribution in [1.29, 1.82) is 0 Å². The number of nitrogens with one attached hydrogen (secondary N) is 2. The Labute approximate surface area is 193 Å². The van der Waals surface area contributed by atoms with E-state index in [0.717, 1.165) is 21.5 Å². The molecule has 0 bridgehead atoms. The van der Waals surface area contributed by atoms with Crippen LogP contribution in [0.15, 0.2) is 75.8 Å². The number of carbonyl (C=O) groups is 2. The standard InChI is InChI=1S/C24H22BrN3O4/c1-2-31-24(30)15-7-11-17(12-8-15)28-22(14-5-9-16(25)10-6-14)19-20(18-4-3-13-32-18)26-27-21(19)23(28)29/h3-13,19-22,26-27H,2H2,1H3. The summed E-state index contributed by atoms with van der Waals surface area (Å²) in [6.07, 6.45) is 1.64. The molecule has 1 aromatic heterocycles. The number of hydrazine groups is 1. The van der Waals surface area contributed by atoms with E-state index in [1.54, 1.807) is 37.5 Å². The van der Waals surface area contributed by atoms with Crippen molar-refractivity contribution < 1.29 is 18.7 Å². The molecule has 5 rings (SSSR count). The lowest BCUT2D eigenvalue weighted by Crippen LogP contribution is -2.41. The maximum absolute atomic E-state index is 13.6. The third-order valence-electron chi connectivity index (χ3n) is 6.03. The molecule has 1 amide bonds. The minimum Gasteiger partial charge on any atom is -0.468 e. The number of esters is 1. The zero-order valence-electron chi connectivity index (χ0n) is 17.3. The summed E-state index contributed by atoms with van der Waals surface area (Å²) < 4.78 is 11.7. The first kappa shape index (κ1) is 20.9. The van der Waals surface area contributed by atoms with Crippen molar-refractivity contribution >= 4 is 33.5 Å². The van der Waals surface area contributed by atoms with Crippen LogP contribution in [0.4, 0.5) is 5.69 Å². The Morgan fingerprint density at radius 1 is 1.06 bits per heavy atom. The van der Waals surface area contributed by atoms with Crippen LogP contribution in [0.3, 0.4) is 0 Å². The average Bonchev–Trinajstić information content (AvgIpc) is 3.53. The number of halogens is 1. The number of nitrogens with zero attached hydrogens (tertiary/aromatic N) is 1. The molecule has 164 valence electrons. The Kier molecular flexibility index (Phi) is 5.58. The number of hydrogen-bond acceptors (Lipinski definition) is 6. The molecule has 0 aliphatic carbocycles. The summed E-state index contributed by atoms with van der Waals surface area (Å²) in [5.41, 5.74) is 8.63. The molecule has 2 aliphatic rings. The van der Waals surface area contributed by atoms with Gasteiger partial charge in [0.2, 0.25) is 5.91 Å². The second-order valence-corrected chi connectivity index (χ2v) is 8.72. The molecule has 4 atom stereocenters. The van der Waals surface area contributed by atoms with E-state index in [1.807, 2.05) is 41.3 Å². The van der Waals surface area contributed by atoms with Crippen LogP contribution in [0.2, 0.25) is 0 Å². The van der Waals surface area contributed by atoms with Crippen LogP contribution in [-0.4, -0.2) is 24.5 Å². The Bertz CT molecular complexity index is 1120. The number of amides is 1. The SMILES string of the molecule is CCOC(=O)c1ccc(N2C(=O)C3NNC(c4ccco4)C3C2c2ccc(Br)cc2)cc1. The van der Waals surface area contributed by atoms with Gasteiger partial charge in [0.1, 0.15) is 11.8 Å². The summed E-state index contributed by atoms with van der Waals surface area (Å²) in [5.74, 6) is 0.268. The van der Waals surface area contributed by atoms with Crippen molar-refractivity contribution in [3.63, 3.8) is 0 Å². The monoisotopic (exact) mass is 495 g/mol. The lowest BCUT2D eigenvalue weighted by atomic mass is 9.85. The van der Waals surface area contributed by atoms with Crippen molar-refractivity contribution in [2.75, 3.05) is 11.5 Å². The van der Waals surface area contributed by atoms with Crippen LogP contribution >= 0.6 is 15.9 Å². The van der Waals surface area contributed by atoms with Crippen LogP contribution in [-0.2, 0) is 9.53 Å². The van der Waals surface area contributed by atoms with E-state index in [4.69, 9.17) is 9.15 Å². The third kappa shape index (κ3) is 3.54. The van der Waals surface area contributed by atoms with Gasteiger partial charge >= 0.3 is 5.97 Å². The lowest BCUT2D eigenvalue weighted by molar-refractivity contribution is -0.119. The van der Waals surface area contributed by atoms with E-state index in [2.05, 4.69) is 26.8 Å². The molecule has 2 saturated heterocycles. The normalized spacial score (nSPS) is 24.6. The molecule has 3 aromatic rings. The van der Waals surface area contributed by atoms with Gasteiger partial charge in [-0.3, -0.25) is 4.79 Å². The van der Waals surface area contributed by atoms with Crippen molar-refractivity contribution in [1.82, 2.24) is 10.9 Å². The molecule has 32 heavy (non-hydrogen) atoms. The Morgan fingerprint density at radius 2 is 1.78 bits per heavy atom. The van der Waals surface area contributed by atoms with Gasteiger partial charge in [-0.2, -0.15) is 0 Å². The van der Waals surface area contributed by atoms with Gasteiger partial charge in [0.15, 0.2) is 0 Å². The van der Waals surface area contributed by atoms with Crippen molar-refractivity contribution in [2.24, 2.45) is 5.92 Å². The van der Waals surface area contributed by atoms with E-state index < -0.39 is 6.04 Å². The maximum atomic E-state index is 13.6. The van der Waals surface area contributed by atoms with E-state index in [-0.39, 0.29) is 29.9 Å². The first-order valence-electron chi connectivity index (χ1n) is 10.5. The van der Waals surface area contributed by atoms with Crippen LogP contribution in [0, 0.1) is 5.92 Å². The smallest absolute Gasteiger partial charge is 0.338 e. The number of anilines is 1. The van der Waals surface area contributed by atoms with Gasteiger partial charge in [0.05, 0.1) is 30.5 Å². The Hall–Kier alpha value is -2.94. The molecule has 2 aromatic carbocycles. The highest BCUT2D eigenvalue weighted by molar-refractivity contribution is 9.10. The van der Waals surface area contributed by atoms with Crippen LogP contribution in [0.5, 0.6) is 0 Å². The van der Waals surface area contributed by atoms with E-state index in [9.17, 15) is 9.59 Å². The highest BCUT2D eigenvalue weighted by atomic mass is 79.9. The summed E-state index contributed by atoms with van der Waals surface area (Å²) in [7, 11) is 0. The number of benzene rings is 2. The molecule has 4 unspecified atom stereocenters. The largest absolute Gasteiger partial charge is 0.468 e. The van der Waals surface area contributed by atoms with Crippen LogP contribution in [0.25, 0.3) is 0 Å². The Morgan fingerprint density at radius 3 is 2.44 bits per heavy atom. The molecule has 0 radical (unpaired) electrons. The molecule has 0 spiro atoms. The fraction of sp³-hybridized carbons (Fsp3) is 0.250. The lowest BCUT2D eigenvalue weighted by Gasteiger charge is -2.30. The van der Waals surface area contributed by atoms with Crippen molar-refractivity contribution in [3.8, 4) is 0 Å². The topological polar surface area (TPSA) is 83.8 Å². The minimum atomic E-state index is -0.413. The summed E-state index contributed by atoms with van der Waals surface area (Å²) in [4.78, 5) is 27.4. The fourth-order valence-corrected chi connectivity index (χ4v) is 4.90. The number of furan rings is 1. The van der Waals surface area contributed by atoms with Gasteiger partial charge in [0.25, 0.3) is 0 Å². The summed E-state index contributed by atoms with van der Waals surface area (Å²) in [6, 6.07) is 18.0. The molecule has 8 heteroatoms. The average molecular weight is 496 g/mol. The van der Waals surface area contributed by atoms with Crippen LogP contribution in [0.1, 0.15) is 40.7 Å². The predicted molar refractivity (Wildman–Crippen MR) is 122 cm³/mol. The molecule has 0 saturated carbocycles. The molecular formula is C24H22BrN3O4. The first-order chi connectivity index (χ1) is 15.6. The zero-order chi connectivity index (χ0) is 22.2. The predicted octanol–water partition coefficient (Wildman–Crippen LogP) is 4.14. The van der Waals surface area contributed by atoms with E-state index >= 15 is 0 Å². The molecule has 2 N–H and O–H groups in total. The highest BCUT2D eigenvalue weighted by Gasteiger charge is 2.56. The molecule has 3 heterocycles. The number of ether oxygens (including phenoxy) is 1. The highest BCUT2D eigenvalue weighted by Crippen LogP contribution is 2.49.